The molecular formula is C22H23ClN4O4S. The quantitative estimate of drug-likeness (QED) is 0.707. The Bertz CT molecular complexity index is 1030. The van der Waals surface area contributed by atoms with Crippen LogP contribution < -0.4 is 15.5 Å². The lowest BCUT2D eigenvalue weighted by molar-refractivity contribution is -0.125. The molecule has 0 bridgehead atoms. The van der Waals surface area contributed by atoms with E-state index in [0.717, 1.165) is 11.3 Å². The van der Waals surface area contributed by atoms with Gasteiger partial charge in [0.15, 0.2) is 0 Å². The molecule has 1 unspecified atom stereocenters. The number of ether oxygens (including phenoxy) is 1. The van der Waals surface area contributed by atoms with Crippen molar-refractivity contribution in [3.8, 4) is 0 Å². The molecule has 2 aromatic carbocycles. The van der Waals surface area contributed by atoms with Crippen molar-refractivity contribution in [2.24, 2.45) is 0 Å². The van der Waals surface area contributed by atoms with Crippen molar-refractivity contribution >= 4 is 58.3 Å². The zero-order valence-corrected chi connectivity index (χ0v) is 19.0. The van der Waals surface area contributed by atoms with E-state index in [-0.39, 0.29) is 24.5 Å². The van der Waals surface area contributed by atoms with Gasteiger partial charge in [0.25, 0.3) is 5.91 Å². The number of amides is 4. The largest absolute Gasteiger partial charge is 0.370 e. The molecule has 32 heavy (non-hydrogen) atoms. The van der Waals surface area contributed by atoms with Crippen LogP contribution in [0.3, 0.4) is 0 Å². The number of hydrogen-bond acceptors (Lipinski definition) is 5. The van der Waals surface area contributed by atoms with E-state index < -0.39 is 6.04 Å². The fourth-order valence-corrected chi connectivity index (χ4v) is 4.90. The Morgan fingerprint density at radius 1 is 1.12 bits per heavy atom. The predicted molar refractivity (Wildman–Crippen MR) is 126 cm³/mol. The summed E-state index contributed by atoms with van der Waals surface area (Å²) in [7, 11) is 0. The number of halogens is 1. The molecule has 8 nitrogen and oxygen atoms in total. The first-order valence-electron chi connectivity index (χ1n) is 10.1. The Hall–Kier alpha value is -2.75. The summed E-state index contributed by atoms with van der Waals surface area (Å²) >= 11 is 7.41. The minimum Gasteiger partial charge on any atom is -0.370 e. The highest BCUT2D eigenvalue weighted by atomic mass is 35.5. The molecule has 0 radical (unpaired) electrons. The van der Waals surface area contributed by atoms with Gasteiger partial charge in [0.05, 0.1) is 12.5 Å². The van der Waals surface area contributed by atoms with Gasteiger partial charge in [-0.1, -0.05) is 11.6 Å². The van der Waals surface area contributed by atoms with Gasteiger partial charge in [0.2, 0.25) is 5.91 Å². The maximum absolute atomic E-state index is 12.9. The average molecular weight is 475 g/mol. The summed E-state index contributed by atoms with van der Waals surface area (Å²) in [5.74, 6) is 0.603. The van der Waals surface area contributed by atoms with Crippen LogP contribution in [0, 0.1) is 6.92 Å². The van der Waals surface area contributed by atoms with Crippen LogP contribution in [0.15, 0.2) is 42.5 Å². The Morgan fingerprint density at radius 3 is 2.59 bits per heavy atom. The van der Waals surface area contributed by atoms with E-state index in [1.165, 1.54) is 16.7 Å². The van der Waals surface area contributed by atoms with Crippen molar-refractivity contribution in [1.29, 1.82) is 0 Å². The molecule has 0 aliphatic carbocycles. The predicted octanol–water partition coefficient (Wildman–Crippen LogP) is 3.56. The third-order valence-corrected chi connectivity index (χ3v) is 6.55. The number of nitrogens with one attached hydrogen (secondary N) is 2. The number of nitrogens with zero attached hydrogens (tertiary/aromatic N) is 2. The van der Waals surface area contributed by atoms with Gasteiger partial charge in [-0.2, -0.15) is 0 Å². The number of urea groups is 1. The smallest absolute Gasteiger partial charge is 0.323 e. The van der Waals surface area contributed by atoms with Gasteiger partial charge in [-0.05, 0) is 55.0 Å². The number of thioether (sulfide) groups is 1. The van der Waals surface area contributed by atoms with Gasteiger partial charge >= 0.3 is 6.03 Å². The maximum Gasteiger partial charge on any atom is 0.323 e. The van der Waals surface area contributed by atoms with Crippen molar-refractivity contribution in [3.05, 3.63) is 53.1 Å². The van der Waals surface area contributed by atoms with E-state index in [1.807, 2.05) is 19.1 Å². The lowest BCUT2D eigenvalue weighted by Gasteiger charge is -2.28. The van der Waals surface area contributed by atoms with Crippen LogP contribution in [-0.4, -0.2) is 60.2 Å². The van der Waals surface area contributed by atoms with Crippen LogP contribution in [0.2, 0.25) is 5.02 Å². The number of benzene rings is 2. The molecule has 2 aliphatic heterocycles. The topological polar surface area (TPSA) is 91.0 Å². The highest BCUT2D eigenvalue weighted by Crippen LogP contribution is 2.27. The molecule has 10 heteroatoms. The molecule has 0 aromatic heterocycles. The third kappa shape index (κ3) is 5.01. The minimum absolute atomic E-state index is 0.0746. The fourth-order valence-electron chi connectivity index (χ4n) is 3.62. The highest BCUT2D eigenvalue weighted by molar-refractivity contribution is 7.99. The summed E-state index contributed by atoms with van der Waals surface area (Å²) in [5.41, 5.74) is 2.90. The number of rotatable bonds is 4. The van der Waals surface area contributed by atoms with Crippen LogP contribution in [-0.2, 0) is 14.3 Å². The fraction of sp³-hybridized carbons (Fsp3) is 0.318. The molecule has 2 aliphatic rings. The first-order chi connectivity index (χ1) is 15.4. The van der Waals surface area contributed by atoms with Crippen molar-refractivity contribution in [3.63, 3.8) is 0 Å². The van der Waals surface area contributed by atoms with E-state index in [0.29, 0.717) is 41.2 Å². The van der Waals surface area contributed by atoms with E-state index in [4.69, 9.17) is 16.3 Å². The molecule has 0 spiro atoms. The van der Waals surface area contributed by atoms with Crippen LogP contribution >= 0.6 is 23.4 Å². The standard InChI is InChI=1S/C22H23ClN4O4S/c1-14-10-17(6-7-18(14)26-8-9-31-11-20(26)28)24-21(29)19-12-32-13-27(19)22(30)25-16-4-2-15(23)3-5-16/h2-7,10,19H,8-9,11-13H2,1H3,(H,24,29)(H,25,30). The minimum atomic E-state index is -0.590. The van der Waals surface area contributed by atoms with E-state index in [1.54, 1.807) is 35.2 Å². The van der Waals surface area contributed by atoms with Gasteiger partial charge in [0, 0.05) is 34.4 Å². The maximum atomic E-state index is 12.9. The lowest BCUT2D eigenvalue weighted by Crippen LogP contribution is -2.46. The number of morpholine rings is 1. The van der Waals surface area contributed by atoms with Crippen molar-refractivity contribution in [2.45, 2.75) is 13.0 Å². The van der Waals surface area contributed by atoms with Crippen LogP contribution in [0.25, 0.3) is 0 Å². The summed E-state index contributed by atoms with van der Waals surface area (Å²) in [6.07, 6.45) is 0. The monoisotopic (exact) mass is 474 g/mol. The van der Waals surface area contributed by atoms with E-state index in [2.05, 4.69) is 10.6 Å². The number of hydrogen-bond donors (Lipinski definition) is 2. The molecule has 4 amide bonds. The molecule has 4 rings (SSSR count). The van der Waals surface area contributed by atoms with Gasteiger partial charge in [-0.3, -0.25) is 9.59 Å². The third-order valence-electron chi connectivity index (χ3n) is 5.28. The molecule has 2 saturated heterocycles. The average Bonchev–Trinajstić information content (AvgIpc) is 3.27. The Kier molecular flexibility index (Phi) is 6.88. The van der Waals surface area contributed by atoms with Gasteiger partial charge in [-0.15, -0.1) is 11.8 Å². The van der Waals surface area contributed by atoms with Crippen molar-refractivity contribution in [2.75, 3.05) is 46.9 Å². The van der Waals surface area contributed by atoms with Crippen molar-refractivity contribution < 1.29 is 19.1 Å². The van der Waals surface area contributed by atoms with Gasteiger partial charge < -0.3 is 25.2 Å². The molecule has 2 heterocycles. The summed E-state index contributed by atoms with van der Waals surface area (Å²) in [5, 5.41) is 6.29. The zero-order valence-electron chi connectivity index (χ0n) is 17.5. The highest BCUT2D eigenvalue weighted by Gasteiger charge is 2.35. The summed E-state index contributed by atoms with van der Waals surface area (Å²) in [6.45, 7) is 2.97. The second-order valence-electron chi connectivity index (χ2n) is 7.51. The summed E-state index contributed by atoms with van der Waals surface area (Å²) < 4.78 is 5.19. The lowest BCUT2D eigenvalue weighted by atomic mass is 10.1. The summed E-state index contributed by atoms with van der Waals surface area (Å²) in [6, 6.07) is 11.3. The van der Waals surface area contributed by atoms with Crippen molar-refractivity contribution in [1.82, 2.24) is 4.90 Å². The first-order valence-corrected chi connectivity index (χ1v) is 11.7. The Labute approximate surface area is 195 Å². The number of anilines is 3. The van der Waals surface area contributed by atoms with Crippen LogP contribution in [0.4, 0.5) is 21.9 Å². The molecule has 168 valence electrons. The molecule has 0 saturated carbocycles. The second kappa shape index (κ2) is 9.81. The molecule has 2 aromatic rings. The summed E-state index contributed by atoms with van der Waals surface area (Å²) in [4.78, 5) is 41.0. The Morgan fingerprint density at radius 2 is 1.88 bits per heavy atom. The SMILES string of the molecule is Cc1cc(NC(=O)C2CSCN2C(=O)Nc2ccc(Cl)cc2)ccc1N1CCOCC1=O. The van der Waals surface area contributed by atoms with Gasteiger partial charge in [-0.25, -0.2) is 4.79 Å². The molecular weight excluding hydrogens is 452 g/mol. The zero-order chi connectivity index (χ0) is 22.7. The number of carbonyl (C=O) groups excluding carboxylic acids is 3. The van der Waals surface area contributed by atoms with Crippen LogP contribution in [0.1, 0.15) is 5.56 Å². The first kappa shape index (κ1) is 22.4. The Balaban J connectivity index is 1.41. The number of aryl methyl sites for hydroxylation is 1. The molecule has 2 fully saturated rings. The van der Waals surface area contributed by atoms with E-state index >= 15 is 0 Å². The second-order valence-corrected chi connectivity index (χ2v) is 8.95. The van der Waals surface area contributed by atoms with Crippen LogP contribution in [0.5, 0.6) is 0 Å². The molecule has 2 N–H and O–H groups in total. The number of carbonyl (C=O) groups is 3. The van der Waals surface area contributed by atoms with Gasteiger partial charge in [0.1, 0.15) is 12.6 Å². The normalized spacial score (nSPS) is 18.6. The molecule has 1 atom stereocenters. The van der Waals surface area contributed by atoms with E-state index in [9.17, 15) is 14.4 Å².